The van der Waals surface area contributed by atoms with Gasteiger partial charge in [0.05, 0.1) is 114 Å². The van der Waals surface area contributed by atoms with E-state index in [2.05, 4.69) is 0 Å². The molecule has 8 aromatic carbocycles. The normalized spacial score (nSPS) is 19.5. The molecule has 0 heterocycles. The van der Waals surface area contributed by atoms with Crippen LogP contribution in [-0.2, 0) is 25.7 Å². The van der Waals surface area contributed by atoms with Crippen molar-refractivity contribution in [2.24, 2.45) is 0 Å². The highest BCUT2D eigenvalue weighted by atomic mass is 16.5. The largest absolute Gasteiger partial charge is 0.493 e. The second-order valence-corrected chi connectivity index (χ2v) is 21.9. The van der Waals surface area contributed by atoms with Crippen molar-refractivity contribution < 1.29 is 121 Å². The van der Waals surface area contributed by atoms with E-state index in [4.69, 9.17) is 101 Å². The standard InChI is InChI=1S/4C21H28O4/c4*1-16-7-6-10-19(13-16)25-15-18(22)9-5-4-8-17-11-12-20(23-2)21(14-17)24-3/h4*6-7,10-14,18,22H,4-5,8-9,15H2,1-3H3/i2D3,3D3,9D2,15D2,18D;3D3,9D2,15D2,18D;2D3,9D2,15D2,18D;9D2,15D2,18D. The van der Waals surface area contributed by atoms with Crippen LogP contribution in [0.1, 0.15) is 165 Å². The second kappa shape index (κ2) is 47.3. The third kappa shape index (κ3) is 32.0. The molecule has 0 aromatic heterocycles. The highest BCUT2D eigenvalue weighted by molar-refractivity contribution is 5.46. The van der Waals surface area contributed by atoms with Gasteiger partial charge in [-0.25, -0.2) is 0 Å². The van der Waals surface area contributed by atoms with Crippen molar-refractivity contribution in [3.8, 4) is 69.0 Å². The Morgan fingerprint density at radius 1 is 0.290 bits per heavy atom. The number of rotatable bonds is 40. The molecule has 8 rings (SSSR count). The summed E-state index contributed by atoms with van der Waals surface area (Å²) in [4.78, 5) is 0. The van der Waals surface area contributed by atoms with Crippen molar-refractivity contribution >= 4 is 0 Å². The predicted molar refractivity (Wildman–Crippen MR) is 399 cm³/mol. The molecule has 4 atom stereocenters. The van der Waals surface area contributed by atoms with E-state index in [0.29, 0.717) is 41.0 Å². The van der Waals surface area contributed by atoms with Crippen LogP contribution in [0.4, 0.5) is 0 Å². The van der Waals surface area contributed by atoms with Gasteiger partial charge in [-0.2, -0.15) is 0 Å². The summed E-state index contributed by atoms with van der Waals surface area (Å²) in [6, 6.07) is 44.0. The topological polar surface area (TPSA) is 192 Å². The zero-order valence-electron chi connectivity index (χ0n) is 89.3. The molecule has 0 aliphatic rings. The van der Waals surface area contributed by atoms with Crippen molar-refractivity contribution in [2.75, 3.05) is 82.8 Å². The maximum Gasteiger partial charge on any atom is 0.160 e. The van der Waals surface area contributed by atoms with Crippen LogP contribution in [-0.4, -0.2) is 128 Å². The zero-order chi connectivity index (χ0) is 100. The van der Waals surface area contributed by atoms with Gasteiger partial charge in [0.25, 0.3) is 0 Å². The Hall–Kier alpha value is -8.80. The molecule has 0 fully saturated rings. The molecule has 0 saturated carbocycles. The van der Waals surface area contributed by atoms with E-state index in [9.17, 15) is 20.4 Å². The van der Waals surface area contributed by atoms with Gasteiger partial charge in [-0.05, 0) is 246 Å². The molecule has 16 nitrogen and oxygen atoms in total. The quantitative estimate of drug-likeness (QED) is 0.0283. The summed E-state index contributed by atoms with van der Waals surface area (Å²) in [7, 11) is -5.24. The van der Waals surface area contributed by atoms with E-state index in [1.54, 1.807) is 113 Å². The van der Waals surface area contributed by atoms with Crippen molar-refractivity contribution in [3.05, 3.63) is 214 Å². The summed E-state index contributed by atoms with van der Waals surface area (Å²) in [5, 5.41) is 42.1. The Kier molecular flexibility index (Phi) is 21.7. The second-order valence-electron chi connectivity index (χ2n) is 21.9. The van der Waals surface area contributed by atoms with E-state index in [1.807, 2.05) is 6.07 Å². The molecule has 4 N–H and O–H groups in total. The third-order valence-corrected chi connectivity index (χ3v) is 14.1. The van der Waals surface area contributed by atoms with E-state index in [0.717, 1.165) is 27.8 Å². The first-order valence-electron chi connectivity index (χ1n) is 47.7. The van der Waals surface area contributed by atoms with Crippen LogP contribution < -0.4 is 56.8 Å². The van der Waals surface area contributed by atoms with Gasteiger partial charge in [-0.1, -0.05) is 98.5 Å². The van der Waals surface area contributed by atoms with Crippen LogP contribution in [0.25, 0.3) is 0 Å². The summed E-state index contributed by atoms with van der Waals surface area (Å²) in [5.74, 6) is 1.26. The van der Waals surface area contributed by atoms with E-state index in [1.165, 1.54) is 107 Å². The van der Waals surface area contributed by atoms with Gasteiger partial charge in [0.1, 0.15) is 49.2 Å². The molecule has 0 spiro atoms. The molecule has 0 aliphatic heterocycles. The molecule has 0 amide bonds. The van der Waals surface area contributed by atoms with Crippen LogP contribution in [0.15, 0.2) is 170 Å². The van der Waals surface area contributed by atoms with Crippen LogP contribution in [0.3, 0.4) is 0 Å². The van der Waals surface area contributed by atoms with Gasteiger partial charge in [0.15, 0.2) is 46.0 Å². The molecule has 4 unspecified atom stereocenters. The molecule has 100 heavy (non-hydrogen) atoms. The third-order valence-electron chi connectivity index (χ3n) is 14.1. The summed E-state index contributed by atoms with van der Waals surface area (Å²) in [6.07, 6.45) is -23.1. The van der Waals surface area contributed by atoms with Crippen molar-refractivity contribution in [1.82, 2.24) is 0 Å². The van der Waals surface area contributed by atoms with Gasteiger partial charge in [0, 0.05) is 11.0 Å². The maximum atomic E-state index is 10.6. The van der Waals surface area contributed by atoms with Gasteiger partial charge in [-0.3, -0.25) is 0 Å². The lowest BCUT2D eigenvalue weighted by molar-refractivity contribution is 0.0976. The molecule has 0 aliphatic carbocycles. The average molecular weight is 1410 g/mol. The first kappa shape index (κ1) is 45.9. The number of ether oxygens (including phenoxy) is 12. The number of hydrogen-bond donors (Lipinski definition) is 4. The first-order chi connectivity index (χ1) is 60.3. The zero-order valence-corrected chi connectivity index (χ0v) is 57.3. The monoisotopic (exact) mass is 1410 g/mol. The van der Waals surface area contributed by atoms with Crippen LogP contribution in [0.2, 0.25) is 0 Å². The van der Waals surface area contributed by atoms with Crippen LogP contribution in [0, 0.1) is 27.7 Å². The van der Waals surface area contributed by atoms with Gasteiger partial charge < -0.3 is 77.3 Å². The van der Waals surface area contributed by atoms with Gasteiger partial charge in [-0.15, -0.1) is 0 Å². The lowest BCUT2D eigenvalue weighted by Gasteiger charge is -2.13. The average Bonchev–Trinajstić information content (AvgIpc) is 0.774. The minimum absolute atomic E-state index is 0.0119. The molecular weight excluding hydrogens is 1260 g/mol. The molecule has 0 saturated heterocycles. The van der Waals surface area contributed by atoms with Crippen LogP contribution in [0.5, 0.6) is 69.0 Å². The highest BCUT2D eigenvalue weighted by Crippen LogP contribution is 2.32. The van der Waals surface area contributed by atoms with Crippen molar-refractivity contribution in [2.45, 2.75) is 155 Å². The maximum absolute atomic E-state index is 10.6. The Morgan fingerprint density at radius 2 is 0.510 bits per heavy atom. The van der Waals surface area contributed by atoms with Crippen LogP contribution >= 0.6 is 0 Å². The number of benzene rings is 8. The molecular formula is C84H112O16. The van der Waals surface area contributed by atoms with Gasteiger partial charge >= 0.3 is 0 Å². The smallest absolute Gasteiger partial charge is 0.160 e. The first-order valence-corrected chi connectivity index (χ1v) is 31.7. The van der Waals surface area contributed by atoms with Crippen molar-refractivity contribution in [1.29, 1.82) is 0 Å². The van der Waals surface area contributed by atoms with Crippen molar-refractivity contribution in [3.63, 3.8) is 0 Å². The molecule has 16 heteroatoms. The molecule has 0 radical (unpaired) electrons. The fourth-order valence-electron chi connectivity index (χ4n) is 9.10. The Balaban J connectivity index is 0.000000312. The lowest BCUT2D eigenvalue weighted by atomic mass is 10.0. The predicted octanol–water partition coefficient (Wildman–Crippen LogP) is 16.7. The summed E-state index contributed by atoms with van der Waals surface area (Å²) in [6.45, 7) is -5.05. The Labute approximate surface area is 640 Å². The summed E-state index contributed by atoms with van der Waals surface area (Å²) >= 11 is 0. The van der Waals surface area contributed by atoms with E-state index in [-0.39, 0.29) is 115 Å². The van der Waals surface area contributed by atoms with E-state index < -0.39 is 111 Å². The SMILES string of the molecule is [2H]C([2H])(CCCc1ccc(OC)c(OC)c1)C([2H])(O)C([2H])([2H])Oc1cccc(C)c1.[2H]C([2H])([2H])Oc1cc(CCCC([2H])([2H])C([2H])(O)C([2H])([2H])Oc2cccc(C)c2)ccc1OC.[2H]C([2H])([2H])Oc1ccc(CCCC([2H])([2H])C([2H])(O)C([2H])([2H])Oc2cccc(C)c2)cc1OC.[2H]C([2H])([2H])Oc1ccc(CCCC([2H])([2H])C([2H])(O)C([2H])([2H])Oc2cccc(C)c2)cc1OC([2H])([2H])[2H]. The fraction of sp³-hybridized carbons (Fsp3) is 0.429. The summed E-state index contributed by atoms with van der Waals surface area (Å²) in [5.41, 5.74) is 5.75. The minimum Gasteiger partial charge on any atom is -0.493 e. The number of aryl methyl sites for hydroxylation is 8. The summed E-state index contributed by atoms with van der Waals surface area (Å²) < 4.78 is 310. The number of aliphatic hydroxyl groups is 4. The fourth-order valence-corrected chi connectivity index (χ4v) is 9.10. The minimum atomic E-state index is -3.28. The number of hydrogen-bond acceptors (Lipinski definition) is 16. The van der Waals surface area contributed by atoms with E-state index >= 15 is 0 Å². The Bertz CT molecular complexity index is 5000. The highest BCUT2D eigenvalue weighted by Gasteiger charge is 2.13. The molecule has 8 aromatic rings. The lowest BCUT2D eigenvalue weighted by Crippen LogP contribution is -2.17. The molecule has 0 bridgehead atoms. The van der Waals surface area contributed by atoms with Gasteiger partial charge in [0.2, 0.25) is 0 Å². The Morgan fingerprint density at radius 3 is 0.730 bits per heavy atom. The number of methoxy groups -OCH3 is 8. The molecule has 544 valence electrons.